The monoisotopic (exact) mass is 397 g/mol. The Morgan fingerprint density at radius 1 is 0.893 bits per heavy atom. The molecule has 2 fully saturated rings. The first-order valence-electron chi connectivity index (χ1n) is 9.74. The first kappa shape index (κ1) is 19.0. The summed E-state index contributed by atoms with van der Waals surface area (Å²) in [7, 11) is 0. The number of halogens is 1. The van der Waals surface area contributed by atoms with E-state index in [-0.39, 0.29) is 17.9 Å². The normalized spacial score (nSPS) is 20.8. The fourth-order valence-corrected chi connectivity index (χ4v) is 4.14. The van der Waals surface area contributed by atoms with Crippen LogP contribution in [0.4, 0.5) is 5.69 Å². The fourth-order valence-electron chi connectivity index (χ4n) is 4.02. The highest BCUT2D eigenvalue weighted by atomic mass is 35.5. The number of nitrogens with zero attached hydrogens (tertiary/aromatic N) is 3. The lowest BCUT2D eigenvalue weighted by Crippen LogP contribution is -2.52. The molecule has 6 heteroatoms. The van der Waals surface area contributed by atoms with E-state index in [1.165, 1.54) is 4.90 Å². The maximum Gasteiger partial charge on any atom is 0.247 e. The number of carbonyl (C=O) groups excluding carboxylic acids is 2. The van der Waals surface area contributed by atoms with Crippen molar-refractivity contribution in [3.8, 4) is 0 Å². The van der Waals surface area contributed by atoms with Gasteiger partial charge in [0.05, 0.1) is 12.5 Å². The van der Waals surface area contributed by atoms with Gasteiger partial charge in [-0.05, 0) is 36.2 Å². The number of carbonyl (C=O) groups is 2. The predicted octanol–water partition coefficient (Wildman–Crippen LogP) is 2.83. The summed E-state index contributed by atoms with van der Waals surface area (Å²) >= 11 is 5.97. The van der Waals surface area contributed by atoms with Crippen LogP contribution in [0, 0.1) is 0 Å². The van der Waals surface area contributed by atoms with Crippen LogP contribution in [0.15, 0.2) is 54.6 Å². The van der Waals surface area contributed by atoms with Gasteiger partial charge in [0, 0.05) is 43.4 Å². The van der Waals surface area contributed by atoms with Crippen LogP contribution >= 0.6 is 11.6 Å². The lowest BCUT2D eigenvalue weighted by Gasteiger charge is -2.38. The van der Waals surface area contributed by atoms with Crippen molar-refractivity contribution in [3.05, 3.63) is 65.2 Å². The molecule has 2 aliphatic heterocycles. The second-order valence-corrected chi connectivity index (χ2v) is 7.78. The molecule has 0 aliphatic carbocycles. The van der Waals surface area contributed by atoms with Gasteiger partial charge in [-0.25, -0.2) is 0 Å². The summed E-state index contributed by atoms with van der Waals surface area (Å²) in [5.41, 5.74) is 2.28. The zero-order chi connectivity index (χ0) is 19.5. The topological polar surface area (TPSA) is 43.9 Å². The zero-order valence-corrected chi connectivity index (χ0v) is 16.5. The summed E-state index contributed by atoms with van der Waals surface area (Å²) in [6, 6.07) is 17.5. The van der Waals surface area contributed by atoms with E-state index in [4.69, 9.17) is 11.6 Å². The molecule has 0 radical (unpaired) electrons. The Labute approximate surface area is 170 Å². The van der Waals surface area contributed by atoms with Crippen molar-refractivity contribution in [1.82, 2.24) is 9.80 Å². The third kappa shape index (κ3) is 4.05. The molecule has 0 aromatic heterocycles. The number of benzene rings is 2. The van der Waals surface area contributed by atoms with Crippen LogP contribution in [-0.4, -0.2) is 60.4 Å². The molecule has 2 aromatic carbocycles. The first-order chi connectivity index (χ1) is 13.6. The third-order valence-corrected chi connectivity index (χ3v) is 5.89. The highest BCUT2D eigenvalue weighted by molar-refractivity contribution is 6.30. The van der Waals surface area contributed by atoms with Gasteiger partial charge in [-0.3, -0.25) is 19.4 Å². The van der Waals surface area contributed by atoms with Gasteiger partial charge in [0.25, 0.3) is 0 Å². The molecule has 2 amide bonds. The molecule has 0 unspecified atom stereocenters. The van der Waals surface area contributed by atoms with Gasteiger partial charge in [-0.1, -0.05) is 41.9 Å². The highest BCUT2D eigenvalue weighted by Crippen LogP contribution is 2.24. The molecule has 2 saturated heterocycles. The fraction of sp³-hybridized carbons (Fsp3) is 0.364. The minimum atomic E-state index is -0.310. The second kappa shape index (κ2) is 8.33. The predicted molar refractivity (Wildman–Crippen MR) is 111 cm³/mol. The van der Waals surface area contributed by atoms with Gasteiger partial charge in [-0.2, -0.15) is 0 Å². The first-order valence-corrected chi connectivity index (χ1v) is 10.1. The van der Waals surface area contributed by atoms with Crippen molar-refractivity contribution < 1.29 is 9.59 Å². The van der Waals surface area contributed by atoms with Crippen LogP contribution < -0.4 is 4.90 Å². The largest absolute Gasteiger partial charge is 0.369 e. The van der Waals surface area contributed by atoms with E-state index in [0.717, 1.165) is 42.5 Å². The summed E-state index contributed by atoms with van der Waals surface area (Å²) in [5, 5.41) is 0.730. The molecular formula is C22H24ClN3O2. The lowest BCUT2D eigenvalue weighted by molar-refractivity contribution is -0.139. The molecule has 2 heterocycles. The Kier molecular flexibility index (Phi) is 5.64. The Bertz CT molecular complexity index is 833. The number of imide groups is 1. The third-order valence-electron chi connectivity index (χ3n) is 5.63. The molecule has 146 valence electrons. The summed E-state index contributed by atoms with van der Waals surface area (Å²) in [6.45, 7) is 3.69. The second-order valence-electron chi connectivity index (χ2n) is 7.34. The average Bonchev–Trinajstić information content (AvgIpc) is 3.01. The molecule has 0 N–H and O–H groups in total. The number of hydrogen-bond donors (Lipinski definition) is 0. The van der Waals surface area contributed by atoms with Gasteiger partial charge in [0.2, 0.25) is 11.8 Å². The number of piperazine rings is 1. The molecule has 0 saturated carbocycles. The summed E-state index contributed by atoms with van der Waals surface area (Å²) in [5.74, 6) is -0.0908. The molecule has 4 rings (SSSR count). The van der Waals surface area contributed by atoms with Crippen LogP contribution in [0.1, 0.15) is 12.0 Å². The van der Waals surface area contributed by atoms with Gasteiger partial charge in [0.1, 0.15) is 0 Å². The van der Waals surface area contributed by atoms with E-state index >= 15 is 0 Å². The Morgan fingerprint density at radius 2 is 1.57 bits per heavy atom. The zero-order valence-electron chi connectivity index (χ0n) is 15.8. The van der Waals surface area contributed by atoms with Gasteiger partial charge >= 0.3 is 0 Å². The van der Waals surface area contributed by atoms with Crippen LogP contribution in [-0.2, 0) is 16.0 Å². The van der Waals surface area contributed by atoms with Crippen molar-refractivity contribution in [2.45, 2.75) is 18.9 Å². The Balaban J connectivity index is 1.33. The number of amides is 2. The number of rotatable bonds is 5. The summed E-state index contributed by atoms with van der Waals surface area (Å²) < 4.78 is 0. The quantitative estimate of drug-likeness (QED) is 0.728. The van der Waals surface area contributed by atoms with Gasteiger partial charge in [-0.15, -0.1) is 0 Å². The van der Waals surface area contributed by atoms with Gasteiger partial charge < -0.3 is 4.90 Å². The molecule has 28 heavy (non-hydrogen) atoms. The average molecular weight is 398 g/mol. The van der Waals surface area contributed by atoms with Crippen molar-refractivity contribution in [2.75, 3.05) is 37.6 Å². The van der Waals surface area contributed by atoms with E-state index in [1.807, 2.05) is 54.6 Å². The SMILES string of the molecule is O=C1C[C@@H](N2CCN(c3ccc(Cl)cc3)CC2)C(=O)N1CCc1ccccc1. The van der Waals surface area contributed by atoms with E-state index < -0.39 is 0 Å². The van der Waals surface area contributed by atoms with Crippen molar-refractivity contribution >= 4 is 29.1 Å². The summed E-state index contributed by atoms with van der Waals surface area (Å²) in [4.78, 5) is 31.2. The molecule has 2 aromatic rings. The molecule has 5 nitrogen and oxygen atoms in total. The Morgan fingerprint density at radius 3 is 2.25 bits per heavy atom. The lowest BCUT2D eigenvalue weighted by atomic mass is 10.1. The van der Waals surface area contributed by atoms with E-state index in [9.17, 15) is 9.59 Å². The number of hydrogen-bond acceptors (Lipinski definition) is 4. The minimum Gasteiger partial charge on any atom is -0.369 e. The van der Waals surface area contributed by atoms with Crippen LogP contribution in [0.3, 0.4) is 0 Å². The smallest absolute Gasteiger partial charge is 0.247 e. The Hall–Kier alpha value is -2.37. The molecule has 1 atom stereocenters. The van der Waals surface area contributed by atoms with Crippen molar-refractivity contribution in [3.63, 3.8) is 0 Å². The highest BCUT2D eigenvalue weighted by Gasteiger charge is 2.42. The minimum absolute atomic E-state index is 0.0409. The number of likely N-dealkylation sites (tertiary alicyclic amines) is 1. The van der Waals surface area contributed by atoms with Gasteiger partial charge in [0.15, 0.2) is 0 Å². The van der Waals surface area contributed by atoms with Crippen LogP contribution in [0.2, 0.25) is 5.02 Å². The van der Waals surface area contributed by atoms with Crippen LogP contribution in [0.25, 0.3) is 0 Å². The molecule has 0 spiro atoms. The molecule has 0 bridgehead atoms. The van der Waals surface area contributed by atoms with Crippen molar-refractivity contribution in [2.24, 2.45) is 0 Å². The number of anilines is 1. The van der Waals surface area contributed by atoms with E-state index in [0.29, 0.717) is 19.4 Å². The molecular weight excluding hydrogens is 374 g/mol. The maximum absolute atomic E-state index is 12.9. The maximum atomic E-state index is 12.9. The summed E-state index contributed by atoms with van der Waals surface area (Å²) in [6.07, 6.45) is 1.00. The molecule has 2 aliphatic rings. The standard InChI is InChI=1S/C22H24ClN3O2/c23-18-6-8-19(9-7-18)24-12-14-25(15-13-24)20-16-21(27)26(22(20)28)11-10-17-4-2-1-3-5-17/h1-9,20H,10-16H2/t20-/m1/s1. The van der Waals surface area contributed by atoms with Crippen LogP contribution in [0.5, 0.6) is 0 Å². The van der Waals surface area contributed by atoms with E-state index in [2.05, 4.69) is 9.80 Å². The van der Waals surface area contributed by atoms with Crippen molar-refractivity contribution in [1.29, 1.82) is 0 Å². The van der Waals surface area contributed by atoms with E-state index in [1.54, 1.807) is 0 Å².